The summed E-state index contributed by atoms with van der Waals surface area (Å²) in [5.41, 5.74) is -1.28. The van der Waals surface area contributed by atoms with Crippen LogP contribution >= 0.6 is 11.6 Å². The first kappa shape index (κ1) is 17.2. The number of pyridine rings is 1. The molecule has 1 aromatic carbocycles. The van der Waals surface area contributed by atoms with Gasteiger partial charge in [-0.15, -0.1) is 0 Å². The summed E-state index contributed by atoms with van der Waals surface area (Å²) >= 11 is 6.31. The summed E-state index contributed by atoms with van der Waals surface area (Å²) in [5, 5.41) is 0.306. The maximum Gasteiger partial charge on any atom is 0.418 e. The van der Waals surface area contributed by atoms with Crippen LogP contribution < -0.4 is 0 Å². The maximum absolute atomic E-state index is 13.2. The molecule has 1 heterocycles. The van der Waals surface area contributed by atoms with Gasteiger partial charge in [0.25, 0.3) is 0 Å². The van der Waals surface area contributed by atoms with Gasteiger partial charge in [-0.3, -0.25) is 14.6 Å². The molecule has 2 aliphatic carbocycles. The van der Waals surface area contributed by atoms with Gasteiger partial charge in [0.1, 0.15) is 0 Å². The van der Waals surface area contributed by atoms with E-state index in [4.69, 9.17) is 11.6 Å². The summed E-state index contributed by atoms with van der Waals surface area (Å²) in [7, 11) is 0. The molecule has 0 amide bonds. The summed E-state index contributed by atoms with van der Waals surface area (Å²) < 4.78 is 39.7. The summed E-state index contributed by atoms with van der Waals surface area (Å²) in [4.78, 5) is 29.5. The van der Waals surface area contributed by atoms with E-state index in [-0.39, 0.29) is 44.7 Å². The van der Waals surface area contributed by atoms with Crippen LogP contribution in [0.1, 0.15) is 35.2 Å². The molecule has 2 bridgehead atoms. The fourth-order valence-electron chi connectivity index (χ4n) is 3.93. The highest BCUT2D eigenvalue weighted by atomic mass is 35.5. The van der Waals surface area contributed by atoms with E-state index in [1.807, 2.05) is 0 Å². The Bertz CT molecular complexity index is 980. The van der Waals surface area contributed by atoms with Gasteiger partial charge in [0.2, 0.25) is 0 Å². The number of rotatable bonds is 2. The molecular weight excluding hydrogens is 367 g/mol. The third-order valence-corrected chi connectivity index (χ3v) is 5.69. The highest BCUT2D eigenvalue weighted by Gasteiger charge is 2.43. The Morgan fingerprint density at radius 1 is 1.15 bits per heavy atom. The average molecular weight is 380 g/mol. The lowest BCUT2D eigenvalue weighted by Crippen LogP contribution is -2.26. The van der Waals surface area contributed by atoms with Crippen molar-refractivity contribution in [3.05, 3.63) is 52.2 Å². The van der Waals surface area contributed by atoms with E-state index in [2.05, 4.69) is 4.98 Å². The fraction of sp³-hybridized carbons (Fsp3) is 0.316. The van der Waals surface area contributed by atoms with E-state index in [0.29, 0.717) is 12.8 Å². The molecule has 1 fully saturated rings. The minimum absolute atomic E-state index is 0.0165. The van der Waals surface area contributed by atoms with Crippen molar-refractivity contribution in [1.29, 1.82) is 0 Å². The Kier molecular flexibility index (Phi) is 3.91. The second-order valence-corrected chi connectivity index (χ2v) is 7.09. The molecule has 2 aliphatic rings. The second-order valence-electron chi connectivity index (χ2n) is 6.68. The van der Waals surface area contributed by atoms with Gasteiger partial charge in [0.05, 0.1) is 16.7 Å². The molecule has 3 nitrogen and oxygen atoms in total. The number of hydrogen-bond acceptors (Lipinski definition) is 3. The number of aromatic nitrogens is 1. The number of halogens is 4. The first-order chi connectivity index (χ1) is 12.3. The lowest BCUT2D eigenvalue weighted by molar-refractivity contribution is -0.136. The summed E-state index contributed by atoms with van der Waals surface area (Å²) in [6, 6.07) is 4.80. The van der Waals surface area contributed by atoms with Crippen molar-refractivity contribution in [3.8, 4) is 0 Å². The number of alkyl halides is 3. The number of benzene rings is 1. The number of hydrogen-bond donors (Lipinski definition) is 0. The predicted molar refractivity (Wildman–Crippen MR) is 89.8 cm³/mol. The molecule has 2 unspecified atom stereocenters. The van der Waals surface area contributed by atoms with Gasteiger partial charge in [-0.1, -0.05) is 17.7 Å². The van der Waals surface area contributed by atoms with Crippen molar-refractivity contribution in [3.63, 3.8) is 0 Å². The molecule has 7 heteroatoms. The van der Waals surface area contributed by atoms with Crippen LogP contribution in [0.25, 0.3) is 10.9 Å². The van der Waals surface area contributed by atoms with Crippen LogP contribution in [0.3, 0.4) is 0 Å². The number of fused-ring (bicyclic) bond motifs is 3. The maximum atomic E-state index is 13.2. The zero-order chi connectivity index (χ0) is 18.6. The number of Topliss-reactive ketones (excluding diaryl/α,β-unsaturated/α-hetero) is 2. The highest BCUT2D eigenvalue weighted by Crippen LogP contribution is 2.46. The summed E-state index contributed by atoms with van der Waals surface area (Å²) in [6.07, 6.45) is -1.27. The minimum atomic E-state index is -4.59. The van der Waals surface area contributed by atoms with Gasteiger partial charge >= 0.3 is 6.18 Å². The standard InChI is InChI=1S/C19H13ClF3NO2/c20-15-9-3-4-10(8-9)17(25)14(15)18(26)12-5-6-13(19(21,22)23)16-11(12)2-1-7-24-16/h1-2,5-7,9-10H,3-4,8H2. The molecule has 134 valence electrons. The van der Waals surface area contributed by atoms with E-state index < -0.39 is 17.5 Å². The highest BCUT2D eigenvalue weighted by molar-refractivity contribution is 6.40. The van der Waals surface area contributed by atoms with Crippen LogP contribution in [0.15, 0.2) is 41.1 Å². The fourth-order valence-corrected chi connectivity index (χ4v) is 4.31. The molecule has 0 radical (unpaired) electrons. The van der Waals surface area contributed by atoms with Gasteiger partial charge in [-0.05, 0) is 43.4 Å². The van der Waals surface area contributed by atoms with E-state index in [1.165, 1.54) is 18.3 Å². The molecule has 1 aromatic heterocycles. The van der Waals surface area contributed by atoms with Gasteiger partial charge < -0.3 is 0 Å². The quantitative estimate of drug-likeness (QED) is 0.549. The topological polar surface area (TPSA) is 47.0 Å². The Hall–Kier alpha value is -2.21. The zero-order valence-corrected chi connectivity index (χ0v) is 14.2. The molecule has 4 rings (SSSR count). The van der Waals surface area contributed by atoms with Crippen molar-refractivity contribution < 1.29 is 22.8 Å². The van der Waals surface area contributed by atoms with Crippen molar-refractivity contribution >= 4 is 34.1 Å². The molecular formula is C19H13ClF3NO2. The Balaban J connectivity index is 1.89. The third kappa shape index (κ3) is 2.55. The van der Waals surface area contributed by atoms with Gasteiger partial charge in [-0.25, -0.2) is 0 Å². The van der Waals surface area contributed by atoms with Crippen molar-refractivity contribution in [2.45, 2.75) is 25.4 Å². The van der Waals surface area contributed by atoms with Crippen molar-refractivity contribution in [2.75, 3.05) is 0 Å². The van der Waals surface area contributed by atoms with E-state index >= 15 is 0 Å². The Morgan fingerprint density at radius 3 is 2.62 bits per heavy atom. The van der Waals surface area contributed by atoms with Gasteiger partial charge in [0.15, 0.2) is 11.6 Å². The van der Waals surface area contributed by atoms with Crippen LogP contribution in [0.2, 0.25) is 0 Å². The van der Waals surface area contributed by atoms with Crippen LogP contribution in [0.4, 0.5) is 13.2 Å². The normalized spacial score (nSPS) is 23.0. The van der Waals surface area contributed by atoms with Crippen LogP contribution in [0.5, 0.6) is 0 Å². The smallest absolute Gasteiger partial charge is 0.294 e. The number of carbonyl (C=O) groups excluding carboxylic acids is 2. The number of ketones is 2. The molecule has 2 atom stereocenters. The van der Waals surface area contributed by atoms with Crippen LogP contribution in [-0.2, 0) is 11.0 Å². The van der Waals surface area contributed by atoms with E-state index in [1.54, 1.807) is 0 Å². The number of nitrogens with zero attached hydrogens (tertiary/aromatic N) is 1. The van der Waals surface area contributed by atoms with Crippen molar-refractivity contribution in [1.82, 2.24) is 4.98 Å². The molecule has 1 saturated carbocycles. The predicted octanol–water partition coefficient (Wildman–Crippen LogP) is 4.93. The van der Waals surface area contributed by atoms with E-state index in [9.17, 15) is 22.8 Å². The zero-order valence-electron chi connectivity index (χ0n) is 13.4. The molecule has 0 saturated heterocycles. The SMILES string of the molecule is O=C(C1=C(Cl)C2CCC(C2)C1=O)c1ccc(C(F)(F)F)c2ncccc12. The number of allylic oxidation sites excluding steroid dienone is 2. The summed E-state index contributed by atoms with van der Waals surface area (Å²) in [6.45, 7) is 0. The first-order valence-electron chi connectivity index (χ1n) is 8.22. The van der Waals surface area contributed by atoms with Crippen LogP contribution in [-0.4, -0.2) is 16.6 Å². The largest absolute Gasteiger partial charge is 0.418 e. The van der Waals surface area contributed by atoms with Gasteiger partial charge in [-0.2, -0.15) is 13.2 Å². The molecule has 26 heavy (non-hydrogen) atoms. The lowest BCUT2D eigenvalue weighted by Gasteiger charge is -2.21. The molecule has 0 spiro atoms. The minimum Gasteiger partial charge on any atom is -0.294 e. The lowest BCUT2D eigenvalue weighted by atomic mass is 9.83. The second kappa shape index (κ2) is 5.91. The average Bonchev–Trinajstić information content (AvgIpc) is 3.05. The van der Waals surface area contributed by atoms with E-state index in [0.717, 1.165) is 18.6 Å². The number of carbonyl (C=O) groups is 2. The Morgan fingerprint density at radius 2 is 1.88 bits per heavy atom. The summed E-state index contributed by atoms with van der Waals surface area (Å²) in [5.74, 6) is -1.16. The van der Waals surface area contributed by atoms with Gasteiger partial charge in [0, 0.05) is 28.1 Å². The molecule has 2 aromatic rings. The van der Waals surface area contributed by atoms with Crippen LogP contribution in [0, 0.1) is 11.8 Å². The monoisotopic (exact) mass is 379 g/mol. The first-order valence-corrected chi connectivity index (χ1v) is 8.60. The molecule has 0 aliphatic heterocycles. The third-order valence-electron chi connectivity index (χ3n) is 5.19. The Labute approximate surface area is 151 Å². The molecule has 0 N–H and O–H groups in total. The van der Waals surface area contributed by atoms with Crippen molar-refractivity contribution in [2.24, 2.45) is 11.8 Å².